The maximum Gasteiger partial charge on any atom is 0.410 e. The van der Waals surface area contributed by atoms with Crippen LogP contribution in [-0.2, 0) is 11.3 Å². The Morgan fingerprint density at radius 1 is 1.43 bits per heavy atom. The molecular weight excluding hydrogens is 272 g/mol. The topological polar surface area (TPSA) is 75.8 Å². The van der Waals surface area contributed by atoms with Gasteiger partial charge in [0.25, 0.3) is 0 Å². The van der Waals surface area contributed by atoms with Crippen molar-refractivity contribution in [3.05, 3.63) is 54.2 Å². The number of likely N-dealkylation sites (tertiary alicyclic amines) is 1. The molecule has 1 saturated heterocycles. The molecule has 1 amide bonds. The molecule has 2 unspecified atom stereocenters. The van der Waals surface area contributed by atoms with Gasteiger partial charge in [0.05, 0.1) is 18.8 Å². The number of rotatable bonds is 3. The number of benzene rings is 1. The largest absolute Gasteiger partial charge is 0.447 e. The summed E-state index contributed by atoms with van der Waals surface area (Å²) in [7, 11) is 0. The van der Waals surface area contributed by atoms with Crippen molar-refractivity contribution in [3.63, 3.8) is 0 Å². The molecule has 1 N–H and O–H groups in total. The fourth-order valence-corrected chi connectivity index (χ4v) is 2.45. The molecule has 1 aromatic heterocycles. The number of β-amino-alcohol motifs (C(OH)–C–C–N with tert-alkyl or cyclic N) is 1. The Balaban J connectivity index is 1.65. The van der Waals surface area contributed by atoms with E-state index in [2.05, 4.69) is 4.98 Å². The summed E-state index contributed by atoms with van der Waals surface area (Å²) in [4.78, 5) is 17.7. The summed E-state index contributed by atoms with van der Waals surface area (Å²) in [5.74, 6) is 0.420. The van der Waals surface area contributed by atoms with Gasteiger partial charge < -0.3 is 14.3 Å². The first-order valence-corrected chi connectivity index (χ1v) is 6.79. The van der Waals surface area contributed by atoms with Gasteiger partial charge in [-0.2, -0.15) is 0 Å². The number of hydrogen-bond donors (Lipinski definition) is 1. The second kappa shape index (κ2) is 5.97. The van der Waals surface area contributed by atoms with E-state index in [0.717, 1.165) is 5.56 Å². The van der Waals surface area contributed by atoms with Gasteiger partial charge in [-0.25, -0.2) is 9.78 Å². The van der Waals surface area contributed by atoms with Crippen molar-refractivity contribution in [2.24, 2.45) is 0 Å². The fourth-order valence-electron chi connectivity index (χ4n) is 2.45. The van der Waals surface area contributed by atoms with Gasteiger partial charge in [0.15, 0.2) is 0 Å². The lowest BCUT2D eigenvalue weighted by Gasteiger charge is -2.21. The van der Waals surface area contributed by atoms with Gasteiger partial charge in [0, 0.05) is 6.42 Å². The summed E-state index contributed by atoms with van der Waals surface area (Å²) in [6.45, 7) is 0.422. The van der Waals surface area contributed by atoms with Crippen LogP contribution in [0.25, 0.3) is 0 Å². The molecule has 1 aliphatic rings. The van der Waals surface area contributed by atoms with Gasteiger partial charge in [-0.1, -0.05) is 30.3 Å². The maximum atomic E-state index is 12.2. The molecule has 2 atom stereocenters. The highest BCUT2D eigenvalue weighted by atomic mass is 16.6. The molecule has 0 saturated carbocycles. The standard InChI is InChI=1S/C15H16N2O4/c18-12-8-13(14-16-6-7-20-14)17(9-12)15(19)21-10-11-4-2-1-3-5-11/h1-7,12-13,18H,8-10H2. The van der Waals surface area contributed by atoms with E-state index in [9.17, 15) is 9.90 Å². The molecular formula is C15H16N2O4. The minimum Gasteiger partial charge on any atom is -0.447 e. The number of nitrogens with zero attached hydrogens (tertiary/aromatic N) is 2. The molecule has 0 bridgehead atoms. The van der Waals surface area contributed by atoms with Crippen LogP contribution < -0.4 is 0 Å². The Labute approximate surface area is 122 Å². The maximum absolute atomic E-state index is 12.2. The molecule has 6 nitrogen and oxygen atoms in total. The number of oxazole rings is 1. The number of aliphatic hydroxyl groups is 1. The summed E-state index contributed by atoms with van der Waals surface area (Å²) in [6.07, 6.45) is 2.31. The van der Waals surface area contributed by atoms with Crippen molar-refractivity contribution >= 4 is 6.09 Å². The fraction of sp³-hybridized carbons (Fsp3) is 0.333. The van der Waals surface area contributed by atoms with E-state index >= 15 is 0 Å². The third-order valence-corrected chi connectivity index (χ3v) is 3.46. The molecule has 21 heavy (non-hydrogen) atoms. The highest BCUT2D eigenvalue weighted by Crippen LogP contribution is 2.31. The SMILES string of the molecule is O=C(OCc1ccccc1)N1CC(O)CC1c1ncco1. The van der Waals surface area contributed by atoms with E-state index in [4.69, 9.17) is 9.15 Å². The van der Waals surface area contributed by atoms with Crippen molar-refractivity contribution < 1.29 is 19.1 Å². The molecule has 1 aromatic carbocycles. The molecule has 1 fully saturated rings. The molecule has 110 valence electrons. The van der Waals surface area contributed by atoms with Crippen LogP contribution in [0.3, 0.4) is 0 Å². The third-order valence-electron chi connectivity index (χ3n) is 3.46. The number of amides is 1. The van der Waals surface area contributed by atoms with Crippen molar-refractivity contribution in [2.45, 2.75) is 25.2 Å². The number of aromatic nitrogens is 1. The first kappa shape index (κ1) is 13.6. The van der Waals surface area contributed by atoms with Crippen LogP contribution in [0.1, 0.15) is 23.9 Å². The summed E-state index contributed by atoms with van der Waals surface area (Å²) in [5.41, 5.74) is 0.915. The second-order valence-corrected chi connectivity index (χ2v) is 4.97. The van der Waals surface area contributed by atoms with Crippen LogP contribution in [-0.4, -0.2) is 33.7 Å². The quantitative estimate of drug-likeness (QED) is 0.936. The van der Waals surface area contributed by atoms with E-state index in [1.807, 2.05) is 30.3 Å². The lowest BCUT2D eigenvalue weighted by atomic mass is 10.2. The molecule has 3 rings (SSSR count). The summed E-state index contributed by atoms with van der Waals surface area (Å²) < 4.78 is 10.5. The molecule has 0 radical (unpaired) electrons. The van der Waals surface area contributed by atoms with Crippen molar-refractivity contribution in [1.82, 2.24) is 9.88 Å². The van der Waals surface area contributed by atoms with Crippen molar-refractivity contribution in [1.29, 1.82) is 0 Å². The van der Waals surface area contributed by atoms with E-state index in [-0.39, 0.29) is 19.2 Å². The highest BCUT2D eigenvalue weighted by molar-refractivity contribution is 5.68. The van der Waals surface area contributed by atoms with Crippen LogP contribution in [0.15, 0.2) is 47.2 Å². The minimum absolute atomic E-state index is 0.199. The van der Waals surface area contributed by atoms with Gasteiger partial charge in [-0.15, -0.1) is 0 Å². The zero-order valence-electron chi connectivity index (χ0n) is 11.4. The Hall–Kier alpha value is -2.34. The van der Waals surface area contributed by atoms with E-state index < -0.39 is 12.2 Å². The molecule has 2 heterocycles. The van der Waals surface area contributed by atoms with Gasteiger partial charge in [-0.3, -0.25) is 4.90 Å². The molecule has 2 aromatic rings. The zero-order valence-corrected chi connectivity index (χ0v) is 11.4. The Morgan fingerprint density at radius 3 is 2.95 bits per heavy atom. The van der Waals surface area contributed by atoms with E-state index in [1.54, 1.807) is 0 Å². The van der Waals surface area contributed by atoms with Crippen LogP contribution in [0.4, 0.5) is 4.79 Å². The average Bonchev–Trinajstić information content (AvgIpc) is 3.14. The third kappa shape index (κ3) is 3.05. The second-order valence-electron chi connectivity index (χ2n) is 4.97. The van der Waals surface area contributed by atoms with Gasteiger partial charge in [0.2, 0.25) is 5.89 Å². The Morgan fingerprint density at radius 2 is 2.24 bits per heavy atom. The highest BCUT2D eigenvalue weighted by Gasteiger charge is 2.38. The van der Waals surface area contributed by atoms with Crippen LogP contribution in [0.2, 0.25) is 0 Å². The smallest absolute Gasteiger partial charge is 0.410 e. The number of carbonyl (C=O) groups is 1. The minimum atomic E-state index is -0.592. The lowest BCUT2D eigenvalue weighted by Crippen LogP contribution is -2.32. The molecule has 0 spiro atoms. The van der Waals surface area contributed by atoms with Crippen LogP contribution >= 0.6 is 0 Å². The average molecular weight is 288 g/mol. The monoisotopic (exact) mass is 288 g/mol. The van der Waals surface area contributed by atoms with Gasteiger partial charge in [-0.05, 0) is 5.56 Å². The predicted molar refractivity (Wildman–Crippen MR) is 73.2 cm³/mol. The van der Waals surface area contributed by atoms with Crippen molar-refractivity contribution in [2.75, 3.05) is 6.54 Å². The molecule has 1 aliphatic heterocycles. The zero-order chi connectivity index (χ0) is 14.7. The summed E-state index contributed by atoms with van der Waals surface area (Å²) >= 11 is 0. The Kier molecular flexibility index (Phi) is 3.87. The van der Waals surface area contributed by atoms with E-state index in [0.29, 0.717) is 12.3 Å². The first-order chi connectivity index (χ1) is 10.2. The van der Waals surface area contributed by atoms with Crippen molar-refractivity contribution in [3.8, 4) is 0 Å². The Bertz CT molecular complexity index is 585. The molecule has 6 heteroatoms. The number of ether oxygens (including phenoxy) is 1. The summed E-state index contributed by atoms with van der Waals surface area (Å²) in [6, 6.07) is 9.07. The normalized spacial score (nSPS) is 21.5. The number of hydrogen-bond acceptors (Lipinski definition) is 5. The first-order valence-electron chi connectivity index (χ1n) is 6.79. The van der Waals surface area contributed by atoms with E-state index in [1.165, 1.54) is 17.4 Å². The van der Waals surface area contributed by atoms with Gasteiger partial charge in [0.1, 0.15) is 18.9 Å². The number of carbonyl (C=O) groups excluding carboxylic acids is 1. The number of aliphatic hydroxyl groups excluding tert-OH is 1. The lowest BCUT2D eigenvalue weighted by molar-refractivity contribution is 0.0841. The van der Waals surface area contributed by atoms with Gasteiger partial charge >= 0.3 is 6.09 Å². The molecule has 0 aliphatic carbocycles. The summed E-state index contributed by atoms with van der Waals surface area (Å²) in [5, 5.41) is 9.78. The van der Waals surface area contributed by atoms with Crippen LogP contribution in [0.5, 0.6) is 0 Å². The predicted octanol–water partition coefficient (Wildman–Crippen LogP) is 2.12. The van der Waals surface area contributed by atoms with Crippen LogP contribution in [0, 0.1) is 0 Å².